The molecular formula is C47H39NO12. The summed E-state index contributed by atoms with van der Waals surface area (Å²) in [6.45, 7) is -0.415. The third kappa shape index (κ3) is 8.66. The number of methoxy groups -OCH3 is 2. The first-order valence-electron chi connectivity index (χ1n) is 18.9. The second-order valence-electron chi connectivity index (χ2n) is 13.6. The van der Waals surface area contributed by atoms with E-state index in [-0.39, 0.29) is 27.8 Å². The second-order valence-corrected chi connectivity index (χ2v) is 13.6. The molecule has 13 heteroatoms. The Labute approximate surface area is 344 Å². The predicted molar refractivity (Wildman–Crippen MR) is 217 cm³/mol. The number of aromatic carboxylic acids is 1. The van der Waals surface area contributed by atoms with Gasteiger partial charge in [-0.05, 0) is 54.6 Å². The van der Waals surface area contributed by atoms with E-state index in [9.17, 15) is 29.1 Å². The smallest absolute Gasteiger partial charge is 0.338 e. The Hall–Kier alpha value is -7.51. The van der Waals surface area contributed by atoms with Crippen molar-refractivity contribution < 1.29 is 57.5 Å². The zero-order valence-electron chi connectivity index (χ0n) is 32.4. The number of carboxylic acids is 1. The first-order valence-corrected chi connectivity index (χ1v) is 18.9. The number of carbonyl (C=O) groups excluding carboxylic acids is 4. The van der Waals surface area contributed by atoms with Gasteiger partial charge in [0.15, 0.2) is 18.3 Å². The molecule has 304 valence electrons. The molecule has 1 aliphatic heterocycles. The van der Waals surface area contributed by atoms with E-state index in [4.69, 9.17) is 28.4 Å². The maximum absolute atomic E-state index is 14.1. The average molecular weight is 810 g/mol. The summed E-state index contributed by atoms with van der Waals surface area (Å²) >= 11 is 0. The van der Waals surface area contributed by atoms with Crippen molar-refractivity contribution in [3.8, 4) is 11.5 Å². The lowest BCUT2D eigenvalue weighted by Gasteiger charge is -2.45. The molecular weight excluding hydrogens is 771 g/mol. The van der Waals surface area contributed by atoms with Gasteiger partial charge in [-0.25, -0.2) is 19.2 Å². The van der Waals surface area contributed by atoms with Crippen LogP contribution in [0.2, 0.25) is 0 Å². The zero-order valence-corrected chi connectivity index (χ0v) is 32.4. The van der Waals surface area contributed by atoms with Crippen molar-refractivity contribution in [3.63, 3.8) is 0 Å². The Morgan fingerprint density at radius 2 is 1.03 bits per heavy atom. The largest absolute Gasteiger partial charge is 0.496 e. The number of nitrogens with one attached hydrogen (secondary N) is 1. The summed E-state index contributed by atoms with van der Waals surface area (Å²) in [6.07, 6.45) is -7.39. The van der Waals surface area contributed by atoms with Gasteiger partial charge in [-0.2, -0.15) is 0 Å². The molecule has 0 aliphatic carbocycles. The molecule has 0 saturated carbocycles. The summed E-state index contributed by atoms with van der Waals surface area (Å²) in [7, 11) is 2.95. The molecule has 2 N–H and O–H groups in total. The van der Waals surface area contributed by atoms with Crippen LogP contribution in [-0.2, 0) is 18.9 Å². The highest BCUT2D eigenvalue weighted by Gasteiger charge is 2.54. The molecule has 6 aromatic carbocycles. The lowest BCUT2D eigenvalue weighted by molar-refractivity contribution is -0.223. The molecule has 1 amide bonds. The van der Waals surface area contributed by atoms with Gasteiger partial charge in [0.2, 0.25) is 0 Å². The SMILES string of the molecule is COc1cc([C@@H]2O[C@H](CNC(=O)c3ccccc3C(=O)O)[C@@H](OC(=O)c3ccccc3)[C@H](OC(=O)c3ccccc3)[C@H]2OC(=O)c2ccccc2)c(OC)c2ccccc12. The van der Waals surface area contributed by atoms with Crippen LogP contribution < -0.4 is 14.8 Å². The number of ether oxygens (including phenoxy) is 6. The molecule has 7 rings (SSSR count). The van der Waals surface area contributed by atoms with E-state index >= 15 is 0 Å². The number of amides is 1. The number of esters is 3. The highest BCUT2D eigenvalue weighted by atomic mass is 16.6. The summed E-state index contributed by atoms with van der Waals surface area (Å²) in [5.41, 5.74) is 0.362. The predicted octanol–water partition coefficient (Wildman–Crippen LogP) is 7.10. The lowest BCUT2D eigenvalue weighted by Crippen LogP contribution is -2.61. The molecule has 13 nitrogen and oxygen atoms in total. The minimum absolute atomic E-state index is 0.141. The van der Waals surface area contributed by atoms with Crippen LogP contribution in [0, 0.1) is 0 Å². The van der Waals surface area contributed by atoms with Gasteiger partial charge in [-0.3, -0.25) is 4.79 Å². The highest BCUT2D eigenvalue weighted by Crippen LogP contribution is 2.46. The minimum Gasteiger partial charge on any atom is -0.496 e. The Balaban J connectivity index is 1.41. The van der Waals surface area contributed by atoms with Crippen molar-refractivity contribution >= 4 is 40.6 Å². The Morgan fingerprint density at radius 1 is 0.567 bits per heavy atom. The van der Waals surface area contributed by atoms with Gasteiger partial charge in [0.1, 0.15) is 23.7 Å². The van der Waals surface area contributed by atoms with Crippen LogP contribution in [0.3, 0.4) is 0 Å². The van der Waals surface area contributed by atoms with E-state index in [1.165, 1.54) is 62.8 Å². The average Bonchev–Trinajstić information content (AvgIpc) is 3.29. The molecule has 0 spiro atoms. The van der Waals surface area contributed by atoms with Crippen molar-refractivity contribution in [1.29, 1.82) is 0 Å². The van der Waals surface area contributed by atoms with E-state index in [1.54, 1.807) is 78.9 Å². The summed E-state index contributed by atoms with van der Waals surface area (Å²) in [5.74, 6) is -3.88. The summed E-state index contributed by atoms with van der Waals surface area (Å²) in [6, 6.07) is 38.8. The van der Waals surface area contributed by atoms with E-state index in [1.807, 2.05) is 18.2 Å². The fraction of sp³-hybridized carbons (Fsp3) is 0.170. The second kappa shape index (κ2) is 18.4. The topological polar surface area (TPSA) is 173 Å². The normalized spacial score (nSPS) is 18.4. The van der Waals surface area contributed by atoms with Crippen LogP contribution in [0.1, 0.15) is 63.5 Å². The minimum atomic E-state index is -1.60. The summed E-state index contributed by atoms with van der Waals surface area (Å²) in [4.78, 5) is 67.9. The van der Waals surface area contributed by atoms with Crippen molar-refractivity contribution in [3.05, 3.63) is 179 Å². The summed E-state index contributed by atoms with van der Waals surface area (Å²) in [5, 5.41) is 13.9. The molecule has 60 heavy (non-hydrogen) atoms. The third-order valence-corrected chi connectivity index (χ3v) is 9.97. The molecule has 1 aliphatic rings. The Morgan fingerprint density at radius 3 is 1.55 bits per heavy atom. The molecule has 0 aromatic heterocycles. The molecule has 0 unspecified atom stereocenters. The Kier molecular flexibility index (Phi) is 12.5. The highest BCUT2D eigenvalue weighted by molar-refractivity contribution is 6.04. The van der Waals surface area contributed by atoms with E-state index in [2.05, 4.69) is 5.32 Å². The number of fused-ring (bicyclic) bond motifs is 1. The van der Waals surface area contributed by atoms with Crippen LogP contribution in [0.15, 0.2) is 146 Å². The van der Waals surface area contributed by atoms with E-state index in [0.29, 0.717) is 27.8 Å². The van der Waals surface area contributed by atoms with Crippen LogP contribution in [0.5, 0.6) is 11.5 Å². The zero-order chi connectivity index (χ0) is 42.2. The van der Waals surface area contributed by atoms with Gasteiger partial charge in [-0.1, -0.05) is 91.0 Å². The van der Waals surface area contributed by atoms with Gasteiger partial charge < -0.3 is 38.8 Å². The van der Waals surface area contributed by atoms with Crippen molar-refractivity contribution in [1.82, 2.24) is 5.32 Å². The van der Waals surface area contributed by atoms with Gasteiger partial charge in [0, 0.05) is 22.9 Å². The van der Waals surface area contributed by atoms with E-state index in [0.717, 1.165) is 0 Å². The van der Waals surface area contributed by atoms with Gasteiger partial charge >= 0.3 is 23.9 Å². The first-order chi connectivity index (χ1) is 29.2. The maximum atomic E-state index is 14.1. The molecule has 1 heterocycles. The fourth-order valence-corrected chi connectivity index (χ4v) is 7.13. The third-order valence-electron chi connectivity index (χ3n) is 9.97. The molecule has 5 atom stereocenters. The van der Waals surface area contributed by atoms with Crippen molar-refractivity contribution in [2.24, 2.45) is 0 Å². The standard InChI is InChI=1S/C47H39NO12/c1-55-36-26-35(38(56-2)32-23-13-12-22-31(32)36)39-41(59-46(53)29-18-8-4-9-19-29)42(60-47(54)30-20-10-5-11-21-30)40(58-45(52)28-16-6-3-7-17-28)37(57-39)27-48-43(49)33-24-14-15-25-34(33)44(50)51/h3-26,37,39-42H,27H2,1-2H3,(H,48,49)(H,50,51)/t37-,39+,40-,41+,42+/m1/s1. The number of benzene rings is 6. The molecule has 6 aromatic rings. The maximum Gasteiger partial charge on any atom is 0.338 e. The number of rotatable bonds is 13. The molecule has 1 fully saturated rings. The molecule has 0 bridgehead atoms. The first kappa shape index (κ1) is 40.7. The Bertz CT molecular complexity index is 2510. The van der Waals surface area contributed by atoms with E-state index < -0.39 is 66.8 Å². The van der Waals surface area contributed by atoms with Crippen LogP contribution in [0.25, 0.3) is 10.8 Å². The fourth-order valence-electron chi connectivity index (χ4n) is 7.13. The number of carbonyl (C=O) groups is 5. The number of hydrogen-bond acceptors (Lipinski definition) is 11. The molecule has 0 radical (unpaired) electrons. The van der Waals surface area contributed by atoms with Crippen molar-refractivity contribution in [2.45, 2.75) is 30.5 Å². The van der Waals surface area contributed by atoms with Gasteiger partial charge in [-0.15, -0.1) is 0 Å². The van der Waals surface area contributed by atoms with Crippen LogP contribution >= 0.6 is 0 Å². The van der Waals surface area contributed by atoms with Gasteiger partial charge in [0.05, 0.1) is 42.0 Å². The van der Waals surface area contributed by atoms with Gasteiger partial charge in [0.25, 0.3) is 5.91 Å². The molecule has 1 saturated heterocycles. The quantitative estimate of drug-likeness (QED) is 0.0897. The number of hydrogen-bond donors (Lipinski definition) is 2. The van der Waals surface area contributed by atoms with Crippen LogP contribution in [-0.4, -0.2) is 80.1 Å². The van der Waals surface area contributed by atoms with Crippen LogP contribution in [0.4, 0.5) is 0 Å². The monoisotopic (exact) mass is 809 g/mol. The lowest BCUT2D eigenvalue weighted by atomic mass is 9.88. The summed E-state index contributed by atoms with van der Waals surface area (Å²) < 4.78 is 37.4. The number of carboxylic acid groups (broad SMARTS) is 1. The van der Waals surface area contributed by atoms with Crippen molar-refractivity contribution in [2.75, 3.05) is 20.8 Å².